The zero-order chi connectivity index (χ0) is 36.9. The lowest BCUT2D eigenvalue weighted by Crippen LogP contribution is -2.53. The van der Waals surface area contributed by atoms with Gasteiger partial charge in [-0.15, -0.1) is 6.42 Å². The summed E-state index contributed by atoms with van der Waals surface area (Å²) in [5, 5.41) is 37.4. The first kappa shape index (κ1) is 41.6. The van der Waals surface area contributed by atoms with Crippen molar-refractivity contribution in [2.24, 2.45) is 5.73 Å². The Hall–Kier alpha value is -4.60. The monoisotopic (exact) mass is 720 g/mol. The number of terminal acetylenes is 1. The molecule has 17 nitrogen and oxygen atoms in total. The number of urea groups is 1. The van der Waals surface area contributed by atoms with Crippen molar-refractivity contribution in [3.05, 3.63) is 23.8 Å². The predicted molar refractivity (Wildman–Crippen MR) is 185 cm³/mol. The second-order valence-corrected chi connectivity index (χ2v) is 12.9. The van der Waals surface area contributed by atoms with Gasteiger partial charge in [0.1, 0.15) is 12.1 Å². The van der Waals surface area contributed by atoms with E-state index in [2.05, 4.69) is 43.1 Å². The molecule has 7 amide bonds. The van der Waals surface area contributed by atoms with Crippen molar-refractivity contribution in [1.82, 2.24) is 37.2 Å². The summed E-state index contributed by atoms with van der Waals surface area (Å²) in [6, 6.07) is -2.44. The van der Waals surface area contributed by atoms with Crippen molar-refractivity contribution >= 4 is 53.3 Å². The Balaban J connectivity index is 1.81. The summed E-state index contributed by atoms with van der Waals surface area (Å²) in [5.74, 6) is -1.06. The number of carbonyl (C=O) groups excluding carboxylic acids is 6. The van der Waals surface area contributed by atoms with Crippen LogP contribution in [0.3, 0.4) is 0 Å². The van der Waals surface area contributed by atoms with E-state index in [1.165, 1.54) is 18.2 Å². The summed E-state index contributed by atoms with van der Waals surface area (Å²) in [6.45, 7) is -1.27. The van der Waals surface area contributed by atoms with Crippen LogP contribution in [0.2, 0.25) is 0 Å². The Morgan fingerprint density at radius 3 is 2.40 bits per heavy atom. The molecule has 0 spiro atoms. The minimum atomic E-state index is -1.30. The number of hydrogen-bond acceptors (Lipinski definition) is 10. The maximum absolute atomic E-state index is 13.2. The lowest BCUT2D eigenvalue weighted by Gasteiger charge is -2.22. The van der Waals surface area contributed by atoms with E-state index >= 15 is 0 Å². The van der Waals surface area contributed by atoms with Crippen LogP contribution in [0.4, 0.5) is 4.79 Å². The maximum atomic E-state index is 13.2. The van der Waals surface area contributed by atoms with E-state index in [-0.39, 0.29) is 50.0 Å². The largest absolute Gasteiger partial charge is 0.480 e. The van der Waals surface area contributed by atoms with Gasteiger partial charge in [0.25, 0.3) is 0 Å². The lowest BCUT2D eigenvalue weighted by molar-refractivity contribution is -0.142. The minimum Gasteiger partial charge on any atom is -0.480 e. The molecule has 0 bridgehead atoms. The number of amides is 7. The Morgan fingerprint density at radius 1 is 0.960 bits per heavy atom. The van der Waals surface area contributed by atoms with Crippen LogP contribution < -0.4 is 43.0 Å². The van der Waals surface area contributed by atoms with E-state index in [9.17, 15) is 38.7 Å². The molecule has 2 fully saturated rings. The first-order chi connectivity index (χ1) is 24.0. The van der Waals surface area contributed by atoms with Gasteiger partial charge in [-0.25, -0.2) is 9.59 Å². The van der Waals surface area contributed by atoms with E-state index in [1.807, 2.05) is 11.8 Å². The fourth-order valence-electron chi connectivity index (χ4n) is 5.26. The number of nitrogens with two attached hydrogens (primary N) is 1. The standard InChI is InChI=1S/C32H48N8O9S/c1-2-8-20(9-7-14-41)15-22(37-28(45)18-36-27(44)17-35-26(43)16-33)30(46)38-21(31(47)48)10-5-6-13-34-25(42)12-4-3-11-24-29-23(19-50-24)39-32(49)40-29/h1,7-9,21-24,29,41H,3-6,10-19,33H2,(H,34,42)(H,35,43)(H,36,44)(H,37,45)(H,38,46)(H,47,48)(H2,39,40,49)/b9-7-,20-8+/t21-,22-,23+,24+,29+/m0/s1. The van der Waals surface area contributed by atoms with Crippen molar-refractivity contribution in [1.29, 1.82) is 0 Å². The number of aliphatic hydroxyl groups excluding tert-OH is 1. The van der Waals surface area contributed by atoms with Gasteiger partial charge >= 0.3 is 12.0 Å². The molecule has 0 aromatic carbocycles. The van der Waals surface area contributed by atoms with Crippen LogP contribution in [0.15, 0.2) is 23.8 Å². The molecule has 0 aromatic rings. The molecule has 0 unspecified atom stereocenters. The van der Waals surface area contributed by atoms with E-state index in [0.717, 1.165) is 18.6 Å². The molecule has 2 saturated heterocycles. The molecule has 50 heavy (non-hydrogen) atoms. The second-order valence-electron chi connectivity index (χ2n) is 11.7. The number of carboxylic acids is 1. The number of thioether (sulfide) groups is 1. The maximum Gasteiger partial charge on any atom is 0.326 e. The fourth-order valence-corrected chi connectivity index (χ4v) is 6.81. The summed E-state index contributed by atoms with van der Waals surface area (Å²) >= 11 is 1.83. The number of carbonyl (C=O) groups is 7. The van der Waals surface area contributed by atoms with Crippen LogP contribution in [0.25, 0.3) is 0 Å². The topological polar surface area (TPSA) is 270 Å². The molecule has 2 aliphatic heterocycles. The van der Waals surface area contributed by atoms with Gasteiger partial charge in [0, 0.05) is 30.4 Å². The predicted octanol–water partition coefficient (Wildman–Crippen LogP) is -2.26. The van der Waals surface area contributed by atoms with Gasteiger partial charge in [-0.05, 0) is 43.8 Å². The van der Waals surface area contributed by atoms with Gasteiger partial charge in [0.05, 0.1) is 38.3 Å². The number of aliphatic hydroxyl groups is 1. The number of allylic oxidation sites excluding steroid dienone is 2. The van der Waals surface area contributed by atoms with Crippen LogP contribution in [-0.2, 0) is 28.8 Å². The van der Waals surface area contributed by atoms with E-state index < -0.39 is 54.8 Å². The van der Waals surface area contributed by atoms with E-state index in [0.29, 0.717) is 43.1 Å². The average Bonchev–Trinajstić information content (AvgIpc) is 3.64. The van der Waals surface area contributed by atoms with E-state index in [4.69, 9.17) is 17.3 Å². The van der Waals surface area contributed by atoms with Gasteiger partial charge in [-0.2, -0.15) is 11.8 Å². The number of nitrogens with one attached hydrogen (secondary N) is 7. The molecular formula is C32H48N8O9S. The molecular weight excluding hydrogens is 672 g/mol. The van der Waals surface area contributed by atoms with E-state index in [1.54, 1.807) is 0 Å². The summed E-state index contributed by atoms with van der Waals surface area (Å²) < 4.78 is 0. The average molecular weight is 721 g/mol. The normalized spacial score (nSPS) is 19.3. The molecule has 18 heteroatoms. The first-order valence-electron chi connectivity index (χ1n) is 16.4. The van der Waals surface area contributed by atoms with Crippen LogP contribution in [0.1, 0.15) is 51.4 Å². The van der Waals surface area contributed by atoms with Crippen LogP contribution >= 0.6 is 11.8 Å². The third-order valence-electron chi connectivity index (χ3n) is 7.81. The highest BCUT2D eigenvalue weighted by Crippen LogP contribution is 2.33. The molecule has 2 aliphatic rings. The summed E-state index contributed by atoms with van der Waals surface area (Å²) in [4.78, 5) is 84.8. The number of hydrogen-bond donors (Lipinski definition) is 10. The van der Waals surface area contributed by atoms with Crippen LogP contribution in [-0.4, -0.2) is 120 Å². The highest BCUT2D eigenvalue weighted by Gasteiger charge is 2.42. The summed E-state index contributed by atoms with van der Waals surface area (Å²) in [7, 11) is 0. The van der Waals surface area contributed by atoms with Crippen molar-refractivity contribution < 1.29 is 43.8 Å². The third-order valence-corrected chi connectivity index (χ3v) is 9.32. The molecule has 5 atom stereocenters. The van der Waals surface area contributed by atoms with Crippen molar-refractivity contribution in [2.75, 3.05) is 38.5 Å². The lowest BCUT2D eigenvalue weighted by atomic mass is 10.0. The summed E-state index contributed by atoms with van der Waals surface area (Å²) in [5.41, 5.74) is 5.54. The quantitative estimate of drug-likeness (QED) is 0.0233. The Morgan fingerprint density at radius 2 is 1.70 bits per heavy atom. The van der Waals surface area contributed by atoms with Gasteiger partial charge < -0.3 is 53.2 Å². The Kier molecular flexibility index (Phi) is 19.1. The Labute approximate surface area is 295 Å². The number of aliphatic carboxylic acids is 1. The van der Waals surface area contributed by atoms with Crippen molar-refractivity contribution in [3.63, 3.8) is 0 Å². The highest BCUT2D eigenvalue weighted by atomic mass is 32.2. The first-order valence-corrected chi connectivity index (χ1v) is 17.5. The van der Waals surface area contributed by atoms with Crippen LogP contribution in [0, 0.1) is 12.3 Å². The van der Waals surface area contributed by atoms with Crippen LogP contribution in [0.5, 0.6) is 0 Å². The fraction of sp³-hybridized carbons (Fsp3) is 0.594. The minimum absolute atomic E-state index is 0.0479. The van der Waals surface area contributed by atoms with Gasteiger partial charge in [0.2, 0.25) is 29.5 Å². The SMILES string of the molecule is C#C/C=C(\C=C/CO)C[C@H](NC(=O)CNC(=O)CNC(=O)CN)C(=O)N[C@@H](CCCCNC(=O)CCCC[C@H]1SC[C@H]2NC(=O)N[C@H]21)C(=O)O. The zero-order valence-electron chi connectivity index (χ0n) is 27.8. The van der Waals surface area contributed by atoms with Gasteiger partial charge in [0.15, 0.2) is 0 Å². The molecule has 0 aromatic heterocycles. The second kappa shape index (κ2) is 22.9. The van der Waals surface area contributed by atoms with Gasteiger partial charge in [-0.1, -0.05) is 24.5 Å². The summed E-state index contributed by atoms with van der Waals surface area (Å²) in [6.07, 6.45) is 13.1. The third kappa shape index (κ3) is 15.7. The molecule has 2 heterocycles. The van der Waals surface area contributed by atoms with Gasteiger partial charge in [-0.3, -0.25) is 24.0 Å². The molecule has 276 valence electrons. The highest BCUT2D eigenvalue weighted by molar-refractivity contribution is 8.00. The molecule has 0 radical (unpaired) electrons. The number of rotatable bonds is 23. The molecule has 11 N–H and O–H groups in total. The molecule has 2 rings (SSSR count). The zero-order valence-corrected chi connectivity index (χ0v) is 28.6. The Bertz CT molecular complexity index is 1320. The smallest absolute Gasteiger partial charge is 0.326 e. The number of fused-ring (bicyclic) bond motifs is 1. The van der Waals surface area contributed by atoms with Crippen molar-refractivity contribution in [3.8, 4) is 12.3 Å². The number of carboxylic acid groups (broad SMARTS) is 1. The molecule has 0 aliphatic carbocycles. The van der Waals surface area contributed by atoms with Crippen molar-refractivity contribution in [2.45, 2.75) is 80.8 Å². The number of unbranched alkanes of at least 4 members (excludes halogenated alkanes) is 2. The molecule has 0 saturated carbocycles.